The molecule has 0 amide bonds. The summed E-state index contributed by atoms with van der Waals surface area (Å²) in [5, 5.41) is 9.05. The Labute approximate surface area is 147 Å². The highest BCUT2D eigenvalue weighted by atomic mass is 32.2. The van der Waals surface area contributed by atoms with Crippen molar-refractivity contribution in [2.75, 3.05) is 32.4 Å². The number of thioether (sulfide) groups is 1. The second-order valence-electron chi connectivity index (χ2n) is 6.18. The van der Waals surface area contributed by atoms with Gasteiger partial charge in [0.2, 0.25) is 0 Å². The molecule has 0 atom stereocenters. The summed E-state index contributed by atoms with van der Waals surface area (Å²) in [7, 11) is 1.86. The minimum atomic E-state index is 0.570. The monoisotopic (exact) mass is 353 g/mol. The van der Waals surface area contributed by atoms with Crippen LogP contribution in [0.1, 0.15) is 32.1 Å². The summed E-state index contributed by atoms with van der Waals surface area (Å²) in [6.07, 6.45) is 8.28. The summed E-state index contributed by atoms with van der Waals surface area (Å²) in [6, 6.07) is 1.48. The van der Waals surface area contributed by atoms with E-state index in [0.29, 0.717) is 6.04 Å². The van der Waals surface area contributed by atoms with Crippen LogP contribution in [0.4, 0.5) is 0 Å². The molecule has 1 aliphatic heterocycles. The second kappa shape index (κ2) is 8.89. The average molecular weight is 354 g/mol. The molecule has 7 heteroatoms. The molecule has 2 fully saturated rings. The topological polar surface area (TPSA) is 52.6 Å². The highest BCUT2D eigenvalue weighted by Crippen LogP contribution is 2.29. The van der Waals surface area contributed by atoms with Crippen LogP contribution >= 0.6 is 23.1 Å². The minimum Gasteiger partial charge on any atom is -0.356 e. The number of likely N-dealkylation sites (tertiary alicyclic amines) is 1. The molecule has 1 aliphatic carbocycles. The predicted octanol–water partition coefficient (Wildman–Crippen LogP) is 2.42. The Morgan fingerprint density at radius 3 is 2.87 bits per heavy atom. The fraction of sp³-hybridized carbons (Fsp3) is 0.750. The van der Waals surface area contributed by atoms with E-state index in [1.807, 2.05) is 30.4 Å². The maximum atomic E-state index is 4.36. The molecule has 3 rings (SSSR count). The molecule has 0 radical (unpaired) electrons. The van der Waals surface area contributed by atoms with Gasteiger partial charge in [0.25, 0.3) is 0 Å². The number of thiazole rings is 1. The molecule has 2 N–H and O–H groups in total. The molecule has 2 heterocycles. The lowest BCUT2D eigenvalue weighted by Gasteiger charge is -2.33. The summed E-state index contributed by atoms with van der Waals surface area (Å²) in [5.74, 6) is 2.05. The van der Waals surface area contributed by atoms with Gasteiger partial charge in [-0.15, -0.1) is 11.3 Å². The van der Waals surface area contributed by atoms with Gasteiger partial charge in [-0.05, 0) is 32.1 Å². The summed E-state index contributed by atoms with van der Waals surface area (Å²) in [5.41, 5.74) is 0. The summed E-state index contributed by atoms with van der Waals surface area (Å²) in [4.78, 5) is 11.3. The van der Waals surface area contributed by atoms with E-state index in [0.717, 1.165) is 35.1 Å². The SMILES string of the molecule is CN=C(NCCCSc1nccs1)NC1CCN(C2CC2)CC1. The molecule has 0 bridgehead atoms. The quantitative estimate of drug-likeness (QED) is 0.341. The van der Waals surface area contributed by atoms with E-state index in [4.69, 9.17) is 0 Å². The van der Waals surface area contributed by atoms with E-state index in [9.17, 15) is 0 Å². The number of aliphatic imine (C=N–C) groups is 1. The number of hydrogen-bond acceptors (Lipinski definition) is 5. The number of nitrogens with one attached hydrogen (secondary N) is 2. The van der Waals surface area contributed by atoms with E-state index in [1.54, 1.807) is 11.3 Å². The maximum Gasteiger partial charge on any atom is 0.191 e. The van der Waals surface area contributed by atoms with Gasteiger partial charge >= 0.3 is 0 Å². The van der Waals surface area contributed by atoms with Crippen LogP contribution in [0.2, 0.25) is 0 Å². The van der Waals surface area contributed by atoms with E-state index < -0.39 is 0 Å². The summed E-state index contributed by atoms with van der Waals surface area (Å²) in [6.45, 7) is 3.44. The second-order valence-corrected chi connectivity index (χ2v) is 8.42. The highest BCUT2D eigenvalue weighted by molar-refractivity contribution is 8.00. The first-order chi connectivity index (χ1) is 11.3. The van der Waals surface area contributed by atoms with Crippen LogP contribution in [-0.2, 0) is 0 Å². The number of aromatic nitrogens is 1. The third-order valence-corrected chi connectivity index (χ3v) is 6.46. The van der Waals surface area contributed by atoms with Gasteiger partial charge in [0, 0.05) is 56.1 Å². The van der Waals surface area contributed by atoms with Crippen molar-refractivity contribution < 1.29 is 0 Å². The molecule has 0 unspecified atom stereocenters. The molecule has 128 valence electrons. The molecule has 1 saturated carbocycles. The molecule has 0 aromatic carbocycles. The van der Waals surface area contributed by atoms with Crippen molar-refractivity contribution in [1.29, 1.82) is 0 Å². The van der Waals surface area contributed by atoms with Crippen LogP contribution in [0.5, 0.6) is 0 Å². The Hall–Kier alpha value is -0.790. The van der Waals surface area contributed by atoms with E-state index in [-0.39, 0.29) is 0 Å². The number of piperidine rings is 1. The van der Waals surface area contributed by atoms with Gasteiger partial charge in [0.05, 0.1) is 0 Å². The zero-order valence-corrected chi connectivity index (χ0v) is 15.5. The lowest BCUT2D eigenvalue weighted by molar-refractivity contribution is 0.197. The zero-order chi connectivity index (χ0) is 15.9. The molecule has 1 aromatic rings. The van der Waals surface area contributed by atoms with Crippen LogP contribution in [-0.4, -0.2) is 60.4 Å². The van der Waals surface area contributed by atoms with Crippen molar-refractivity contribution in [3.05, 3.63) is 11.6 Å². The van der Waals surface area contributed by atoms with Gasteiger partial charge in [0.15, 0.2) is 5.96 Å². The van der Waals surface area contributed by atoms with Crippen molar-refractivity contribution in [2.45, 2.75) is 48.5 Å². The minimum absolute atomic E-state index is 0.570. The van der Waals surface area contributed by atoms with Crippen molar-refractivity contribution in [2.24, 2.45) is 4.99 Å². The fourth-order valence-electron chi connectivity index (χ4n) is 2.96. The normalized spacial score (nSPS) is 20.7. The number of guanidine groups is 1. The fourth-order valence-corrected chi connectivity index (χ4v) is 4.60. The van der Waals surface area contributed by atoms with Gasteiger partial charge in [-0.25, -0.2) is 4.98 Å². The maximum absolute atomic E-state index is 4.36. The number of rotatable bonds is 7. The first-order valence-corrected chi connectivity index (χ1v) is 10.4. The van der Waals surface area contributed by atoms with Gasteiger partial charge < -0.3 is 15.5 Å². The number of hydrogen-bond donors (Lipinski definition) is 2. The van der Waals surface area contributed by atoms with Crippen molar-refractivity contribution >= 4 is 29.1 Å². The van der Waals surface area contributed by atoms with Crippen LogP contribution in [0, 0.1) is 0 Å². The Morgan fingerprint density at radius 2 is 2.22 bits per heavy atom. The molecule has 5 nitrogen and oxygen atoms in total. The van der Waals surface area contributed by atoms with Crippen molar-refractivity contribution in [3.63, 3.8) is 0 Å². The van der Waals surface area contributed by atoms with Crippen molar-refractivity contribution in [3.8, 4) is 0 Å². The highest BCUT2D eigenvalue weighted by Gasteiger charge is 2.31. The third kappa shape index (κ3) is 5.65. The van der Waals surface area contributed by atoms with Crippen molar-refractivity contribution in [1.82, 2.24) is 20.5 Å². The lowest BCUT2D eigenvalue weighted by Crippen LogP contribution is -2.49. The molecule has 23 heavy (non-hydrogen) atoms. The third-order valence-electron chi connectivity index (χ3n) is 4.41. The first kappa shape index (κ1) is 17.0. The first-order valence-electron chi connectivity index (χ1n) is 8.58. The van der Waals surface area contributed by atoms with E-state index in [2.05, 4.69) is 25.5 Å². The van der Waals surface area contributed by atoms with Crippen LogP contribution in [0.15, 0.2) is 20.9 Å². The number of nitrogens with zero attached hydrogens (tertiary/aromatic N) is 3. The Kier molecular flexibility index (Phi) is 6.59. The molecule has 1 aromatic heterocycles. The standard InChI is InChI=1S/C16H27N5S2/c1-17-15(18-7-2-11-22-16-19-8-12-23-16)20-13-5-9-21(10-6-13)14-3-4-14/h8,12-14H,2-7,9-11H2,1H3,(H2,17,18,20). The lowest BCUT2D eigenvalue weighted by atomic mass is 10.1. The van der Waals surface area contributed by atoms with Gasteiger partial charge in [-0.3, -0.25) is 4.99 Å². The average Bonchev–Trinajstić information content (AvgIpc) is 3.30. The van der Waals surface area contributed by atoms with Gasteiger partial charge in [-0.2, -0.15) is 0 Å². The van der Waals surface area contributed by atoms with Crippen LogP contribution in [0.25, 0.3) is 0 Å². The largest absolute Gasteiger partial charge is 0.356 e. The molecular formula is C16H27N5S2. The van der Waals surface area contributed by atoms with Crippen LogP contribution < -0.4 is 10.6 Å². The van der Waals surface area contributed by atoms with Crippen LogP contribution in [0.3, 0.4) is 0 Å². The molecule has 1 saturated heterocycles. The molecule has 0 spiro atoms. The smallest absolute Gasteiger partial charge is 0.191 e. The molecule has 2 aliphatic rings. The Morgan fingerprint density at radius 1 is 1.39 bits per heavy atom. The van der Waals surface area contributed by atoms with Gasteiger partial charge in [0.1, 0.15) is 4.34 Å². The van der Waals surface area contributed by atoms with E-state index >= 15 is 0 Å². The molecular weight excluding hydrogens is 326 g/mol. The predicted molar refractivity (Wildman–Crippen MR) is 99.6 cm³/mol. The zero-order valence-electron chi connectivity index (χ0n) is 13.8. The van der Waals surface area contributed by atoms with Gasteiger partial charge in [-0.1, -0.05) is 11.8 Å². The summed E-state index contributed by atoms with van der Waals surface area (Å²) >= 11 is 3.55. The summed E-state index contributed by atoms with van der Waals surface area (Å²) < 4.78 is 1.16. The Bertz CT molecular complexity index is 479. The Balaban J connectivity index is 1.27. The van der Waals surface area contributed by atoms with E-state index in [1.165, 1.54) is 38.8 Å².